The van der Waals surface area contributed by atoms with Gasteiger partial charge in [-0.2, -0.15) is 0 Å². The van der Waals surface area contributed by atoms with E-state index < -0.39 is 10.8 Å². The fraction of sp³-hybridized carbons (Fsp3) is 0.0963. The number of nitrogens with zero attached hydrogens (tertiary/aromatic N) is 10. The summed E-state index contributed by atoms with van der Waals surface area (Å²) in [5, 5.41) is 6.57. The molecule has 0 saturated carbocycles. The summed E-state index contributed by atoms with van der Waals surface area (Å²) in [6.07, 6.45) is 1.77. The maximum absolute atomic E-state index is 6.87. The summed E-state index contributed by atoms with van der Waals surface area (Å²) >= 11 is 0. The largest absolute Gasteiger partial charge is 0.456 e. The molecule has 704 valence electrons. The fourth-order valence-corrected chi connectivity index (χ4v) is 24.8. The van der Waals surface area contributed by atoms with Gasteiger partial charge in [0.1, 0.15) is 39.2 Å². The Morgan fingerprint density at radius 2 is 0.588 bits per heavy atom. The molecule has 4 aliphatic carbocycles. The quantitative estimate of drug-likeness (QED) is 0.101. The zero-order valence-corrected chi connectivity index (χ0v) is 82.5. The average Bonchev–Trinajstić information content (AvgIpc) is 1.53. The van der Waals surface area contributed by atoms with Crippen LogP contribution in [0.25, 0.3) is 213 Å². The van der Waals surface area contributed by atoms with E-state index in [9.17, 15) is 0 Å². The van der Waals surface area contributed by atoms with Crippen molar-refractivity contribution in [3.8, 4) is 147 Å². The Morgan fingerprint density at radius 3 is 1.10 bits per heavy atom. The second-order valence-electron chi connectivity index (χ2n) is 40.3. The maximum Gasteiger partial charge on any atom is 0.182 e. The Bertz CT molecular complexity index is 9420. The molecule has 18 aromatic carbocycles. The zero-order chi connectivity index (χ0) is 99.3. The summed E-state index contributed by atoms with van der Waals surface area (Å²) in [5.74, 6) is 6.09. The van der Waals surface area contributed by atoms with Crippen LogP contribution >= 0.6 is 0 Å². The van der Waals surface area contributed by atoms with Crippen molar-refractivity contribution in [2.75, 3.05) is 0 Å². The monoisotopic (exact) mass is 1900 g/mol. The van der Waals surface area contributed by atoms with Crippen LogP contribution in [0.5, 0.6) is 0 Å². The number of hydrogen-bond donors (Lipinski definition) is 0. The number of para-hydroxylation sites is 2. The molecule has 0 amide bonds. The third-order valence-electron chi connectivity index (χ3n) is 31.4. The molecule has 1 atom stereocenters. The topological polar surface area (TPSA) is 168 Å². The molecule has 0 radical (unpaired) electrons. The SMILES string of the molecule is CC(C)C1(C(C)C)c2ccccc2-c2c1cc(-c1nc(-c3ccccc3)nc(-c3ccccn3)n1)c1oc3ccccc3c21.CC1(C)c2ccccc2-c2ccc(-c3nc(-c4ccccc4)nc(-c4cc5c(c6c4oc4ccccc46)-c4ccccc4C5(C)c4ccccc4)n3)cc21.c1ccc(-c2nc(-c3ccccc3)nc(-c3ccc4c(c3)oc3ccc5c(c34)-c3ccccc3C5(c3ccccc3)c3ccccc3)n2)cc1. The predicted molar refractivity (Wildman–Crippen MR) is 596 cm³/mol. The first kappa shape index (κ1) is 88.5. The number of rotatable bonds is 14. The second-order valence-corrected chi connectivity index (χ2v) is 40.3. The van der Waals surface area contributed by atoms with Crippen molar-refractivity contribution in [3.05, 3.63) is 504 Å². The molecular formula is C135H96N10O3. The molecule has 0 saturated heterocycles. The van der Waals surface area contributed by atoms with Crippen LogP contribution in [-0.4, -0.2) is 49.8 Å². The lowest BCUT2D eigenvalue weighted by atomic mass is 9.62. The molecule has 13 heteroatoms. The van der Waals surface area contributed by atoms with Gasteiger partial charge in [-0.15, -0.1) is 0 Å². The lowest BCUT2D eigenvalue weighted by Crippen LogP contribution is -2.37. The number of furan rings is 3. The Hall–Kier alpha value is -18.5. The third kappa shape index (κ3) is 13.8. The van der Waals surface area contributed by atoms with Crippen LogP contribution in [0.1, 0.15) is 110 Å². The van der Waals surface area contributed by atoms with E-state index in [-0.39, 0.29) is 10.8 Å². The Kier molecular flexibility index (Phi) is 20.9. The smallest absolute Gasteiger partial charge is 0.182 e. The van der Waals surface area contributed by atoms with Crippen LogP contribution in [0.2, 0.25) is 0 Å². The van der Waals surface area contributed by atoms with Crippen molar-refractivity contribution in [2.24, 2.45) is 11.8 Å². The summed E-state index contributed by atoms with van der Waals surface area (Å²) in [6.45, 7) is 16.3. The number of aromatic nitrogens is 10. The molecule has 1 unspecified atom stereocenters. The van der Waals surface area contributed by atoms with E-state index in [0.717, 1.165) is 110 Å². The number of hydrogen-bond acceptors (Lipinski definition) is 13. The zero-order valence-electron chi connectivity index (χ0n) is 82.5. The summed E-state index contributed by atoms with van der Waals surface area (Å²) < 4.78 is 20.3. The molecule has 0 bridgehead atoms. The summed E-state index contributed by atoms with van der Waals surface area (Å²) in [7, 11) is 0. The highest BCUT2D eigenvalue weighted by Crippen LogP contribution is 2.64. The Balaban J connectivity index is 0.000000110. The highest BCUT2D eigenvalue weighted by atomic mass is 16.3. The highest BCUT2D eigenvalue weighted by Gasteiger charge is 2.52. The fourth-order valence-electron chi connectivity index (χ4n) is 24.8. The molecule has 25 aromatic rings. The molecule has 13 nitrogen and oxygen atoms in total. The maximum atomic E-state index is 6.87. The lowest BCUT2D eigenvalue weighted by Gasteiger charge is -2.40. The van der Waals surface area contributed by atoms with Gasteiger partial charge in [0.2, 0.25) is 0 Å². The van der Waals surface area contributed by atoms with Crippen molar-refractivity contribution in [3.63, 3.8) is 0 Å². The van der Waals surface area contributed by atoms with E-state index in [4.69, 9.17) is 58.1 Å². The summed E-state index contributed by atoms with van der Waals surface area (Å²) in [5.41, 5.74) is 35.6. The molecule has 0 aliphatic heterocycles. The van der Waals surface area contributed by atoms with Crippen LogP contribution in [0, 0.1) is 11.8 Å². The molecule has 0 spiro atoms. The molecule has 7 heterocycles. The van der Waals surface area contributed by atoms with Gasteiger partial charge in [0, 0.05) is 88.1 Å². The van der Waals surface area contributed by atoms with Gasteiger partial charge in [0.05, 0.1) is 16.5 Å². The first-order chi connectivity index (χ1) is 72.7. The first-order valence-electron chi connectivity index (χ1n) is 50.8. The van der Waals surface area contributed by atoms with Crippen molar-refractivity contribution >= 4 is 65.8 Å². The van der Waals surface area contributed by atoms with Crippen LogP contribution in [0.3, 0.4) is 0 Å². The van der Waals surface area contributed by atoms with Crippen LogP contribution in [-0.2, 0) is 21.7 Å². The number of fused-ring (bicyclic) bond motifs is 24. The van der Waals surface area contributed by atoms with Gasteiger partial charge in [-0.1, -0.05) is 418 Å². The van der Waals surface area contributed by atoms with E-state index >= 15 is 0 Å². The van der Waals surface area contributed by atoms with Gasteiger partial charge in [-0.05, 0) is 185 Å². The van der Waals surface area contributed by atoms with Gasteiger partial charge < -0.3 is 13.3 Å². The molecule has 148 heavy (non-hydrogen) atoms. The van der Waals surface area contributed by atoms with Crippen molar-refractivity contribution in [1.29, 1.82) is 0 Å². The van der Waals surface area contributed by atoms with Gasteiger partial charge in [-0.25, -0.2) is 44.9 Å². The number of pyridine rings is 1. The van der Waals surface area contributed by atoms with Gasteiger partial charge in [0.15, 0.2) is 52.4 Å². The third-order valence-corrected chi connectivity index (χ3v) is 31.4. The summed E-state index contributed by atoms with van der Waals surface area (Å²) in [4.78, 5) is 50.3. The van der Waals surface area contributed by atoms with E-state index in [0.29, 0.717) is 69.9 Å². The van der Waals surface area contributed by atoms with E-state index in [2.05, 4.69) is 345 Å². The van der Waals surface area contributed by atoms with E-state index in [1.807, 2.05) is 146 Å². The molecule has 7 aromatic heterocycles. The van der Waals surface area contributed by atoms with Gasteiger partial charge in [0.25, 0.3) is 0 Å². The van der Waals surface area contributed by atoms with Crippen molar-refractivity contribution in [2.45, 2.75) is 70.1 Å². The molecule has 4 aliphatic rings. The Morgan fingerprint density at radius 1 is 0.216 bits per heavy atom. The molecule has 0 fully saturated rings. The normalized spacial score (nSPS) is 14.4. The number of benzene rings is 18. The van der Waals surface area contributed by atoms with Crippen LogP contribution in [0.4, 0.5) is 0 Å². The first-order valence-corrected chi connectivity index (χ1v) is 50.8. The van der Waals surface area contributed by atoms with Gasteiger partial charge in [-0.3, -0.25) is 4.98 Å². The van der Waals surface area contributed by atoms with Crippen LogP contribution < -0.4 is 0 Å². The minimum atomic E-state index is -0.473. The van der Waals surface area contributed by atoms with Crippen molar-refractivity contribution in [1.82, 2.24) is 49.8 Å². The second kappa shape index (κ2) is 35.0. The predicted octanol–water partition coefficient (Wildman–Crippen LogP) is 33.3. The van der Waals surface area contributed by atoms with Crippen LogP contribution in [0.15, 0.2) is 456 Å². The minimum absolute atomic E-state index is 0.155. The standard InChI is InChI=1S/C50H35N3O.C46H29N3O.C39H32N4O/c1-49(2)38-23-13-10-20-33(38)34-27-26-31(28-40(34)49)47-51-46(30-16-6-4-7-17-30)52-48(53-47)37-29-41-43(44-36-22-12-15-25-42(36)54-45(37)44)35-21-11-14-24-39(35)50(41,3)32-18-8-5-9-19-32;1-5-15-30(16-6-1)43-47-44(31-17-7-2-8-18-31)49-45(48-43)32-25-26-36-40(29-32)50-39-28-27-38-41(42(36)39)35-23-13-14-24-37(35)46(38,33-19-9-3-10-20-33)34-21-11-4-12-22-34;1-23(2)39(24(3)4)29-18-10-8-16-26(29)33-30(39)22-28(35-34(33)27-17-9-11-20-32(27)44-35)37-41-36(25-14-6-5-7-15-25)42-38(43-37)31-19-12-13-21-40-31/h4-29H,1-3H3;1-29H;5-24H,1-4H3. The summed E-state index contributed by atoms with van der Waals surface area (Å²) in [6, 6.07) is 153. The van der Waals surface area contributed by atoms with E-state index in [1.165, 1.54) is 106 Å². The Labute approximate surface area is 856 Å². The van der Waals surface area contributed by atoms with Crippen molar-refractivity contribution < 1.29 is 13.3 Å². The highest BCUT2D eigenvalue weighted by molar-refractivity contribution is 6.21. The average molecular weight is 1910 g/mol. The molecular weight excluding hydrogens is 1810 g/mol. The van der Waals surface area contributed by atoms with Gasteiger partial charge >= 0.3 is 0 Å². The minimum Gasteiger partial charge on any atom is -0.456 e. The molecule has 29 rings (SSSR count). The lowest BCUT2D eigenvalue weighted by molar-refractivity contribution is 0.280. The molecule has 0 N–H and O–H groups in total. The van der Waals surface area contributed by atoms with E-state index in [1.54, 1.807) is 6.20 Å².